The van der Waals surface area contributed by atoms with E-state index >= 15 is 0 Å². The first-order chi connectivity index (χ1) is 8.08. The van der Waals surface area contributed by atoms with E-state index in [0.717, 1.165) is 5.69 Å². The number of H-pyrrole nitrogens is 1. The Labute approximate surface area is 103 Å². The first-order valence-corrected chi connectivity index (χ1v) is 5.44. The van der Waals surface area contributed by atoms with E-state index in [0.29, 0.717) is 16.0 Å². The Morgan fingerprint density at radius 3 is 2.94 bits per heavy atom. The summed E-state index contributed by atoms with van der Waals surface area (Å²) in [6.45, 7) is 0. The van der Waals surface area contributed by atoms with Gasteiger partial charge in [-0.05, 0) is 30.4 Å². The Hall–Kier alpha value is -1.95. The van der Waals surface area contributed by atoms with Gasteiger partial charge in [-0.1, -0.05) is 0 Å². The molecule has 17 heavy (non-hydrogen) atoms. The highest BCUT2D eigenvalue weighted by molar-refractivity contribution is 7.80. The second-order valence-corrected chi connectivity index (χ2v) is 4.17. The summed E-state index contributed by atoms with van der Waals surface area (Å²) in [6, 6.07) is 5.35. The highest BCUT2D eigenvalue weighted by Gasteiger charge is 2.03. The molecule has 0 saturated heterocycles. The van der Waals surface area contributed by atoms with Gasteiger partial charge in [0.25, 0.3) is 5.56 Å². The van der Waals surface area contributed by atoms with E-state index in [9.17, 15) is 4.79 Å². The molecule has 1 aromatic carbocycles. The third-order valence-electron chi connectivity index (χ3n) is 2.30. The van der Waals surface area contributed by atoms with E-state index in [1.54, 1.807) is 17.0 Å². The quantitative estimate of drug-likeness (QED) is 0.742. The van der Waals surface area contributed by atoms with Crippen LogP contribution in [0.2, 0.25) is 0 Å². The van der Waals surface area contributed by atoms with Crippen LogP contribution in [0.15, 0.2) is 29.3 Å². The monoisotopic (exact) mass is 248 g/mol. The van der Waals surface area contributed by atoms with Gasteiger partial charge < -0.3 is 15.2 Å². The maximum absolute atomic E-state index is 11.6. The van der Waals surface area contributed by atoms with Crippen LogP contribution in [0.4, 0.5) is 5.69 Å². The molecule has 0 spiro atoms. The minimum Gasteiger partial charge on any atom is -0.355 e. The van der Waals surface area contributed by atoms with E-state index in [1.807, 2.05) is 20.2 Å². The molecule has 0 fully saturated rings. The van der Waals surface area contributed by atoms with Crippen LogP contribution >= 0.6 is 12.2 Å². The highest BCUT2D eigenvalue weighted by Crippen LogP contribution is 2.14. The van der Waals surface area contributed by atoms with E-state index in [-0.39, 0.29) is 5.56 Å². The van der Waals surface area contributed by atoms with Crippen LogP contribution in [-0.4, -0.2) is 34.1 Å². The number of thiocarbonyl (C=S) groups is 1. The summed E-state index contributed by atoms with van der Waals surface area (Å²) < 4.78 is 0. The van der Waals surface area contributed by atoms with E-state index < -0.39 is 0 Å². The molecule has 0 atom stereocenters. The molecule has 2 rings (SSSR count). The zero-order valence-corrected chi connectivity index (χ0v) is 10.3. The van der Waals surface area contributed by atoms with Crippen LogP contribution in [0.1, 0.15) is 0 Å². The Morgan fingerprint density at radius 1 is 1.47 bits per heavy atom. The molecular weight excluding hydrogens is 236 g/mol. The van der Waals surface area contributed by atoms with Crippen LogP contribution in [0, 0.1) is 0 Å². The molecule has 0 unspecified atom stereocenters. The van der Waals surface area contributed by atoms with E-state index in [1.165, 1.54) is 6.33 Å². The maximum Gasteiger partial charge on any atom is 0.258 e. The van der Waals surface area contributed by atoms with Crippen LogP contribution < -0.4 is 10.9 Å². The van der Waals surface area contributed by atoms with Crippen molar-refractivity contribution in [2.45, 2.75) is 0 Å². The number of hydrogen-bond acceptors (Lipinski definition) is 3. The summed E-state index contributed by atoms with van der Waals surface area (Å²) in [5, 5.41) is 4.17. The first kappa shape index (κ1) is 11.5. The third kappa shape index (κ3) is 2.42. The Bertz CT molecular complexity index is 620. The summed E-state index contributed by atoms with van der Waals surface area (Å²) in [5.41, 5.74) is 1.28. The smallest absolute Gasteiger partial charge is 0.258 e. The molecule has 0 aliphatic heterocycles. The van der Waals surface area contributed by atoms with Crippen LogP contribution in [0.5, 0.6) is 0 Å². The second-order valence-electron chi connectivity index (χ2n) is 3.79. The Morgan fingerprint density at radius 2 is 2.24 bits per heavy atom. The van der Waals surface area contributed by atoms with Crippen molar-refractivity contribution in [3.8, 4) is 0 Å². The molecule has 0 bridgehead atoms. The van der Waals surface area contributed by atoms with Gasteiger partial charge in [0.15, 0.2) is 5.11 Å². The minimum atomic E-state index is -0.158. The Kier molecular flexibility index (Phi) is 3.06. The van der Waals surface area contributed by atoms with Gasteiger partial charge >= 0.3 is 0 Å². The zero-order valence-electron chi connectivity index (χ0n) is 9.52. The number of fused-ring (bicyclic) bond motifs is 1. The van der Waals surface area contributed by atoms with Crippen molar-refractivity contribution in [1.82, 2.24) is 14.9 Å². The van der Waals surface area contributed by atoms with Gasteiger partial charge in [0.05, 0.1) is 17.2 Å². The fraction of sp³-hybridized carbons (Fsp3) is 0.182. The average molecular weight is 248 g/mol. The lowest BCUT2D eigenvalue weighted by Gasteiger charge is -2.15. The summed E-state index contributed by atoms with van der Waals surface area (Å²) in [7, 11) is 3.70. The van der Waals surface area contributed by atoms with E-state index in [4.69, 9.17) is 12.2 Å². The number of benzene rings is 1. The molecule has 2 aromatic rings. The molecule has 88 valence electrons. The van der Waals surface area contributed by atoms with Gasteiger partial charge in [0.1, 0.15) is 0 Å². The number of hydrogen-bond donors (Lipinski definition) is 2. The predicted octanol–water partition coefficient (Wildman–Crippen LogP) is 1.18. The standard InChI is InChI=1S/C11H12N4OS/c1-15(2)11(17)14-7-3-4-9-8(5-7)10(16)13-6-12-9/h3-6H,1-2H3,(H,14,17)(H,12,13,16). The van der Waals surface area contributed by atoms with Crippen molar-refractivity contribution < 1.29 is 0 Å². The second kappa shape index (κ2) is 4.50. The number of nitrogens with zero attached hydrogens (tertiary/aromatic N) is 2. The van der Waals surface area contributed by atoms with Gasteiger partial charge in [-0.2, -0.15) is 0 Å². The predicted molar refractivity (Wildman–Crippen MR) is 72.3 cm³/mol. The van der Waals surface area contributed by atoms with Crippen LogP contribution in [0.25, 0.3) is 10.9 Å². The van der Waals surface area contributed by atoms with Crippen LogP contribution in [0.3, 0.4) is 0 Å². The van der Waals surface area contributed by atoms with Gasteiger partial charge in [-0.15, -0.1) is 0 Å². The molecule has 0 aliphatic rings. The van der Waals surface area contributed by atoms with Crippen molar-refractivity contribution in [2.75, 3.05) is 19.4 Å². The third-order valence-corrected chi connectivity index (χ3v) is 2.77. The lowest BCUT2D eigenvalue weighted by Crippen LogP contribution is -2.27. The average Bonchev–Trinajstić information content (AvgIpc) is 2.30. The first-order valence-electron chi connectivity index (χ1n) is 5.03. The number of aromatic nitrogens is 2. The molecule has 5 nitrogen and oxygen atoms in total. The Balaban J connectivity index is 2.41. The molecular formula is C11H12N4OS. The minimum absolute atomic E-state index is 0.158. The maximum atomic E-state index is 11.6. The largest absolute Gasteiger partial charge is 0.355 e. The summed E-state index contributed by atoms with van der Waals surface area (Å²) in [5.74, 6) is 0. The fourth-order valence-electron chi connectivity index (χ4n) is 1.38. The van der Waals surface area contributed by atoms with Crippen LogP contribution in [-0.2, 0) is 0 Å². The van der Waals surface area contributed by atoms with Crippen molar-refractivity contribution in [3.63, 3.8) is 0 Å². The highest BCUT2D eigenvalue weighted by atomic mass is 32.1. The van der Waals surface area contributed by atoms with Crippen molar-refractivity contribution in [3.05, 3.63) is 34.9 Å². The van der Waals surface area contributed by atoms with Gasteiger partial charge in [0, 0.05) is 19.8 Å². The molecule has 0 amide bonds. The number of aromatic amines is 1. The lowest BCUT2D eigenvalue weighted by molar-refractivity contribution is 0.634. The summed E-state index contributed by atoms with van der Waals surface area (Å²) in [6.07, 6.45) is 1.39. The normalized spacial score (nSPS) is 10.2. The SMILES string of the molecule is CN(C)C(=S)Nc1ccc2nc[nH]c(=O)c2c1. The van der Waals surface area contributed by atoms with Gasteiger partial charge in [0.2, 0.25) is 0 Å². The number of anilines is 1. The molecule has 6 heteroatoms. The topological polar surface area (TPSA) is 61.0 Å². The van der Waals surface area contributed by atoms with Crippen molar-refractivity contribution in [1.29, 1.82) is 0 Å². The molecule has 0 aliphatic carbocycles. The zero-order chi connectivity index (χ0) is 12.4. The van der Waals surface area contributed by atoms with Gasteiger partial charge in [-0.3, -0.25) is 4.79 Å². The molecule has 2 N–H and O–H groups in total. The molecule has 0 saturated carbocycles. The molecule has 1 heterocycles. The van der Waals surface area contributed by atoms with Crippen molar-refractivity contribution >= 4 is 33.9 Å². The van der Waals surface area contributed by atoms with Crippen molar-refractivity contribution in [2.24, 2.45) is 0 Å². The summed E-state index contributed by atoms with van der Waals surface area (Å²) >= 11 is 5.13. The molecule has 1 aromatic heterocycles. The number of rotatable bonds is 1. The molecule has 0 radical (unpaired) electrons. The number of nitrogens with one attached hydrogen (secondary N) is 2. The van der Waals surface area contributed by atoms with E-state index in [2.05, 4.69) is 15.3 Å². The summed E-state index contributed by atoms with van der Waals surface area (Å²) in [4.78, 5) is 20.0. The lowest BCUT2D eigenvalue weighted by atomic mass is 10.2. The fourth-order valence-corrected chi connectivity index (χ4v) is 1.50. The van der Waals surface area contributed by atoms with Gasteiger partial charge in [-0.25, -0.2) is 4.98 Å².